The van der Waals surface area contributed by atoms with E-state index in [1.165, 1.54) is 0 Å². The van der Waals surface area contributed by atoms with E-state index in [1.807, 2.05) is 56.0 Å². The SMILES string of the molecule is COc1ccc(OC)c(C(C)NC(=O)NCc2ccc(C(=O)N3CC(C)OC(C)C3)cc2)c1. The minimum Gasteiger partial charge on any atom is -0.497 e. The van der Waals surface area contributed by atoms with Crippen LogP contribution in [0.15, 0.2) is 42.5 Å². The number of hydrogen-bond donors (Lipinski definition) is 2. The Morgan fingerprint density at radius 1 is 1.06 bits per heavy atom. The number of hydrogen-bond acceptors (Lipinski definition) is 5. The summed E-state index contributed by atoms with van der Waals surface area (Å²) in [5.41, 5.74) is 2.35. The minimum absolute atomic E-state index is 0.00434. The molecule has 2 N–H and O–H groups in total. The van der Waals surface area contributed by atoms with Crippen LogP contribution in [0.4, 0.5) is 4.79 Å². The van der Waals surface area contributed by atoms with E-state index in [9.17, 15) is 9.59 Å². The van der Waals surface area contributed by atoms with Gasteiger partial charge in [0.05, 0.1) is 32.5 Å². The number of nitrogens with one attached hydrogen (secondary N) is 2. The van der Waals surface area contributed by atoms with E-state index in [0.29, 0.717) is 36.7 Å². The van der Waals surface area contributed by atoms with E-state index in [1.54, 1.807) is 26.4 Å². The zero-order valence-electron chi connectivity index (χ0n) is 19.9. The second-order valence-electron chi connectivity index (χ2n) is 8.32. The molecule has 0 spiro atoms. The van der Waals surface area contributed by atoms with Gasteiger partial charge in [0, 0.05) is 30.8 Å². The lowest BCUT2D eigenvalue weighted by atomic mass is 10.1. The van der Waals surface area contributed by atoms with Gasteiger partial charge >= 0.3 is 6.03 Å². The summed E-state index contributed by atoms with van der Waals surface area (Å²) < 4.78 is 16.4. The average molecular weight is 456 g/mol. The summed E-state index contributed by atoms with van der Waals surface area (Å²) in [7, 11) is 3.18. The van der Waals surface area contributed by atoms with Crippen LogP contribution >= 0.6 is 0 Å². The predicted molar refractivity (Wildman–Crippen MR) is 126 cm³/mol. The zero-order valence-corrected chi connectivity index (χ0v) is 19.9. The standard InChI is InChI=1S/C25H33N3O5/c1-16-14-28(15-17(2)33-16)24(29)20-8-6-19(7-9-20)13-26-25(30)27-18(3)22-12-21(31-4)10-11-23(22)32-5/h6-12,16-18H,13-15H2,1-5H3,(H2,26,27,30). The molecule has 0 saturated carbocycles. The van der Waals surface area contributed by atoms with Crippen LogP contribution in [0.2, 0.25) is 0 Å². The molecule has 0 aliphatic carbocycles. The molecule has 3 unspecified atom stereocenters. The third-order valence-electron chi connectivity index (χ3n) is 5.61. The van der Waals surface area contributed by atoms with Crippen LogP contribution in [0.5, 0.6) is 11.5 Å². The Hall–Kier alpha value is -3.26. The summed E-state index contributed by atoms with van der Waals surface area (Å²) in [5.74, 6) is 1.36. The normalized spacial score (nSPS) is 18.9. The van der Waals surface area contributed by atoms with E-state index in [-0.39, 0.29) is 30.2 Å². The predicted octanol–water partition coefficient (Wildman–Crippen LogP) is 3.51. The van der Waals surface area contributed by atoms with Crippen molar-refractivity contribution in [2.75, 3.05) is 27.3 Å². The van der Waals surface area contributed by atoms with Crippen molar-refractivity contribution in [3.63, 3.8) is 0 Å². The number of rotatable bonds is 7. The topological polar surface area (TPSA) is 89.1 Å². The van der Waals surface area contributed by atoms with Crippen LogP contribution in [0.3, 0.4) is 0 Å². The third kappa shape index (κ3) is 6.38. The van der Waals surface area contributed by atoms with Gasteiger partial charge in [0.25, 0.3) is 5.91 Å². The number of amides is 3. The monoisotopic (exact) mass is 455 g/mol. The van der Waals surface area contributed by atoms with Crippen LogP contribution in [-0.2, 0) is 11.3 Å². The molecule has 0 radical (unpaired) electrons. The van der Waals surface area contributed by atoms with Gasteiger partial charge in [-0.25, -0.2) is 4.79 Å². The number of urea groups is 1. The summed E-state index contributed by atoms with van der Waals surface area (Å²) >= 11 is 0. The first kappa shape index (κ1) is 24.4. The van der Waals surface area contributed by atoms with Crippen molar-refractivity contribution in [3.05, 3.63) is 59.2 Å². The number of benzene rings is 2. The number of morpholine rings is 1. The highest BCUT2D eigenvalue weighted by molar-refractivity contribution is 5.94. The summed E-state index contributed by atoms with van der Waals surface area (Å²) in [6, 6.07) is 12.2. The van der Waals surface area contributed by atoms with E-state index in [2.05, 4.69) is 10.6 Å². The molecule has 178 valence electrons. The summed E-state index contributed by atoms with van der Waals surface area (Å²) in [5, 5.41) is 5.77. The maximum atomic E-state index is 12.8. The highest BCUT2D eigenvalue weighted by Crippen LogP contribution is 2.29. The Morgan fingerprint density at radius 2 is 1.73 bits per heavy atom. The van der Waals surface area contributed by atoms with Gasteiger partial charge in [-0.1, -0.05) is 12.1 Å². The highest BCUT2D eigenvalue weighted by atomic mass is 16.5. The molecule has 3 amide bonds. The average Bonchev–Trinajstić information content (AvgIpc) is 2.81. The Balaban J connectivity index is 1.54. The van der Waals surface area contributed by atoms with E-state index >= 15 is 0 Å². The van der Waals surface area contributed by atoms with Crippen molar-refractivity contribution >= 4 is 11.9 Å². The molecule has 1 fully saturated rings. The van der Waals surface area contributed by atoms with Gasteiger partial charge < -0.3 is 29.7 Å². The zero-order chi connectivity index (χ0) is 24.0. The van der Waals surface area contributed by atoms with Crippen molar-refractivity contribution in [3.8, 4) is 11.5 Å². The lowest BCUT2D eigenvalue weighted by molar-refractivity contribution is -0.0586. The number of ether oxygens (including phenoxy) is 3. The fourth-order valence-corrected chi connectivity index (χ4v) is 3.98. The fourth-order valence-electron chi connectivity index (χ4n) is 3.98. The smallest absolute Gasteiger partial charge is 0.315 e. The third-order valence-corrected chi connectivity index (χ3v) is 5.61. The Morgan fingerprint density at radius 3 is 2.33 bits per heavy atom. The van der Waals surface area contributed by atoms with Gasteiger partial charge in [-0.3, -0.25) is 4.79 Å². The first-order chi connectivity index (χ1) is 15.8. The largest absolute Gasteiger partial charge is 0.497 e. The van der Waals surface area contributed by atoms with Crippen LogP contribution in [0.25, 0.3) is 0 Å². The van der Waals surface area contributed by atoms with Gasteiger partial charge in [0.1, 0.15) is 11.5 Å². The van der Waals surface area contributed by atoms with E-state index in [4.69, 9.17) is 14.2 Å². The lowest BCUT2D eigenvalue weighted by Gasteiger charge is -2.35. The molecule has 8 heteroatoms. The Bertz CT molecular complexity index is 953. The minimum atomic E-state index is -0.302. The molecule has 2 aromatic rings. The summed E-state index contributed by atoms with van der Waals surface area (Å²) in [4.78, 5) is 27.1. The second-order valence-corrected chi connectivity index (χ2v) is 8.32. The number of methoxy groups -OCH3 is 2. The molecular weight excluding hydrogens is 422 g/mol. The van der Waals surface area contributed by atoms with Crippen molar-refractivity contribution < 1.29 is 23.8 Å². The molecule has 0 bridgehead atoms. The molecular formula is C25H33N3O5. The van der Waals surface area contributed by atoms with Crippen LogP contribution in [0, 0.1) is 0 Å². The second kappa shape index (κ2) is 11.0. The molecule has 1 aliphatic rings. The van der Waals surface area contributed by atoms with Crippen molar-refractivity contribution in [1.29, 1.82) is 0 Å². The number of carbonyl (C=O) groups excluding carboxylic acids is 2. The van der Waals surface area contributed by atoms with E-state index in [0.717, 1.165) is 11.1 Å². The van der Waals surface area contributed by atoms with Crippen LogP contribution in [-0.4, -0.2) is 56.4 Å². The van der Waals surface area contributed by atoms with Gasteiger partial charge in [-0.05, 0) is 56.7 Å². The van der Waals surface area contributed by atoms with Crippen molar-refractivity contribution in [1.82, 2.24) is 15.5 Å². The fraction of sp³-hybridized carbons (Fsp3) is 0.440. The molecule has 33 heavy (non-hydrogen) atoms. The van der Waals surface area contributed by atoms with Gasteiger partial charge in [0.2, 0.25) is 0 Å². The van der Waals surface area contributed by atoms with Crippen LogP contribution < -0.4 is 20.1 Å². The Kier molecular flexibility index (Phi) is 8.16. The molecule has 0 aromatic heterocycles. The Labute approximate surface area is 195 Å². The quantitative estimate of drug-likeness (QED) is 0.667. The molecule has 8 nitrogen and oxygen atoms in total. The molecule has 2 aromatic carbocycles. The van der Waals surface area contributed by atoms with Gasteiger partial charge in [0.15, 0.2) is 0 Å². The van der Waals surface area contributed by atoms with Gasteiger partial charge in [-0.15, -0.1) is 0 Å². The van der Waals surface area contributed by atoms with E-state index < -0.39 is 0 Å². The highest BCUT2D eigenvalue weighted by Gasteiger charge is 2.26. The summed E-state index contributed by atoms with van der Waals surface area (Å²) in [6.07, 6.45) is 0.0537. The lowest BCUT2D eigenvalue weighted by Crippen LogP contribution is -2.48. The maximum Gasteiger partial charge on any atom is 0.315 e. The molecule has 3 rings (SSSR count). The molecule has 1 aliphatic heterocycles. The van der Waals surface area contributed by atoms with Crippen LogP contribution in [0.1, 0.15) is 48.3 Å². The van der Waals surface area contributed by atoms with Crippen molar-refractivity contribution in [2.45, 2.75) is 45.6 Å². The summed E-state index contributed by atoms with van der Waals surface area (Å²) in [6.45, 7) is 7.34. The molecule has 1 saturated heterocycles. The van der Waals surface area contributed by atoms with Crippen molar-refractivity contribution in [2.24, 2.45) is 0 Å². The first-order valence-electron chi connectivity index (χ1n) is 11.1. The molecule has 1 heterocycles. The maximum absolute atomic E-state index is 12.8. The molecule has 3 atom stereocenters. The van der Waals surface area contributed by atoms with Gasteiger partial charge in [-0.2, -0.15) is 0 Å². The number of nitrogens with zero attached hydrogens (tertiary/aromatic N) is 1. The first-order valence-corrected chi connectivity index (χ1v) is 11.1. The number of carbonyl (C=O) groups is 2.